The van der Waals surface area contributed by atoms with Gasteiger partial charge < -0.3 is 15.5 Å². The van der Waals surface area contributed by atoms with E-state index in [2.05, 4.69) is 51.6 Å². The number of hydrogen-bond donors (Lipinski definition) is 2. The van der Waals surface area contributed by atoms with Crippen LogP contribution in [-0.4, -0.2) is 61.6 Å². The zero-order chi connectivity index (χ0) is 17.5. The molecule has 0 saturated carbocycles. The van der Waals surface area contributed by atoms with E-state index in [-0.39, 0.29) is 6.03 Å². The maximum Gasteiger partial charge on any atom is 0.314 e. The maximum atomic E-state index is 11.9. The predicted octanol–water partition coefficient (Wildman–Crippen LogP) is 2.08. The molecule has 0 radical (unpaired) electrons. The number of fused-ring (bicyclic) bond motifs is 1. The highest BCUT2D eigenvalue weighted by molar-refractivity contribution is 5.73. The van der Waals surface area contributed by atoms with Crippen LogP contribution in [0.15, 0.2) is 24.3 Å². The number of rotatable bonds is 6. The van der Waals surface area contributed by atoms with Crippen LogP contribution >= 0.6 is 0 Å². The van der Waals surface area contributed by atoms with Crippen molar-refractivity contribution in [1.29, 1.82) is 0 Å². The number of carbonyl (C=O) groups excluding carboxylic acids is 1. The normalized spacial score (nSPS) is 21.6. The quantitative estimate of drug-likeness (QED) is 0.831. The van der Waals surface area contributed by atoms with E-state index in [0.29, 0.717) is 6.54 Å². The lowest BCUT2D eigenvalue weighted by Gasteiger charge is -2.30. The van der Waals surface area contributed by atoms with Crippen molar-refractivity contribution < 1.29 is 4.79 Å². The molecule has 2 N–H and O–H groups in total. The van der Waals surface area contributed by atoms with Gasteiger partial charge in [0.2, 0.25) is 0 Å². The second-order valence-corrected chi connectivity index (χ2v) is 7.53. The molecule has 1 fully saturated rings. The Hall–Kier alpha value is -1.59. The lowest BCUT2D eigenvalue weighted by molar-refractivity contribution is 0.183. The minimum atomic E-state index is -0.0394. The summed E-state index contributed by atoms with van der Waals surface area (Å²) in [4.78, 5) is 16.8. The maximum absolute atomic E-state index is 11.9. The number of hydrogen-bond acceptors (Lipinski definition) is 3. The van der Waals surface area contributed by atoms with Crippen molar-refractivity contribution in [3.05, 3.63) is 35.4 Å². The van der Waals surface area contributed by atoms with Crippen molar-refractivity contribution in [2.75, 3.05) is 45.8 Å². The predicted molar refractivity (Wildman–Crippen MR) is 102 cm³/mol. The number of likely N-dealkylation sites (tertiary alicyclic amines) is 1. The van der Waals surface area contributed by atoms with Gasteiger partial charge in [0, 0.05) is 45.8 Å². The third-order valence-electron chi connectivity index (χ3n) is 5.38. The summed E-state index contributed by atoms with van der Waals surface area (Å²) in [5.41, 5.74) is 2.89. The molecule has 2 aliphatic rings. The van der Waals surface area contributed by atoms with Crippen LogP contribution in [0.2, 0.25) is 0 Å². The summed E-state index contributed by atoms with van der Waals surface area (Å²) in [5, 5.41) is 5.98. The average molecular weight is 345 g/mol. The molecule has 5 nitrogen and oxygen atoms in total. The molecule has 0 aromatic heterocycles. The van der Waals surface area contributed by atoms with Crippen LogP contribution in [0.3, 0.4) is 0 Å². The molecule has 1 unspecified atom stereocenters. The second-order valence-electron chi connectivity index (χ2n) is 7.53. The van der Waals surface area contributed by atoms with Crippen LogP contribution in [0.25, 0.3) is 0 Å². The molecule has 1 aromatic rings. The molecular formula is C20H32N4O. The molecule has 3 rings (SSSR count). The molecule has 5 heteroatoms. The average Bonchev–Trinajstić information content (AvgIpc) is 2.62. The van der Waals surface area contributed by atoms with Gasteiger partial charge in [-0.15, -0.1) is 0 Å². The third kappa shape index (κ3) is 5.72. The van der Waals surface area contributed by atoms with E-state index in [4.69, 9.17) is 0 Å². The Morgan fingerprint density at radius 1 is 1.08 bits per heavy atom. The molecule has 2 aliphatic heterocycles. The monoisotopic (exact) mass is 344 g/mol. The number of amides is 2. The number of piperidine rings is 1. The molecular weight excluding hydrogens is 312 g/mol. The minimum absolute atomic E-state index is 0.0394. The second kappa shape index (κ2) is 9.20. The van der Waals surface area contributed by atoms with Gasteiger partial charge in [-0.2, -0.15) is 0 Å². The van der Waals surface area contributed by atoms with Crippen LogP contribution in [-0.2, 0) is 13.0 Å². The molecule has 1 saturated heterocycles. The SMILES string of the molecule is CC1CCCN(CCNC(=O)NCCN2CCc3ccccc3C2)C1. The molecule has 138 valence electrons. The summed E-state index contributed by atoms with van der Waals surface area (Å²) in [6.45, 7) is 10.0. The fourth-order valence-corrected chi connectivity index (χ4v) is 3.95. The van der Waals surface area contributed by atoms with E-state index in [1.807, 2.05) is 0 Å². The zero-order valence-corrected chi connectivity index (χ0v) is 15.5. The van der Waals surface area contributed by atoms with Crippen molar-refractivity contribution in [3.8, 4) is 0 Å². The number of urea groups is 1. The van der Waals surface area contributed by atoms with Crippen LogP contribution < -0.4 is 10.6 Å². The van der Waals surface area contributed by atoms with Gasteiger partial charge in [0.05, 0.1) is 0 Å². The van der Waals surface area contributed by atoms with Crippen LogP contribution in [0.1, 0.15) is 30.9 Å². The number of nitrogens with one attached hydrogen (secondary N) is 2. The molecule has 25 heavy (non-hydrogen) atoms. The standard InChI is InChI=1S/C20H32N4O/c1-17-5-4-11-23(15-17)13-9-21-20(25)22-10-14-24-12-8-18-6-2-3-7-19(18)16-24/h2-3,6-7,17H,4-5,8-16H2,1H3,(H2,21,22,25). The fraction of sp³-hybridized carbons (Fsp3) is 0.650. The summed E-state index contributed by atoms with van der Waals surface area (Å²) in [7, 11) is 0. The third-order valence-corrected chi connectivity index (χ3v) is 5.38. The van der Waals surface area contributed by atoms with Crippen LogP contribution in [0, 0.1) is 5.92 Å². The topological polar surface area (TPSA) is 47.6 Å². The highest BCUT2D eigenvalue weighted by Gasteiger charge is 2.16. The van der Waals surface area contributed by atoms with E-state index in [1.54, 1.807) is 0 Å². The van der Waals surface area contributed by atoms with Gasteiger partial charge in [0.25, 0.3) is 0 Å². The highest BCUT2D eigenvalue weighted by atomic mass is 16.2. The van der Waals surface area contributed by atoms with Gasteiger partial charge in [-0.3, -0.25) is 4.90 Å². The summed E-state index contributed by atoms with van der Waals surface area (Å²) in [6.07, 6.45) is 3.73. The van der Waals surface area contributed by atoms with Crippen molar-refractivity contribution in [2.45, 2.75) is 32.7 Å². The van der Waals surface area contributed by atoms with E-state index in [9.17, 15) is 4.79 Å². The van der Waals surface area contributed by atoms with E-state index in [1.165, 1.54) is 37.1 Å². The molecule has 2 heterocycles. The summed E-state index contributed by atoms with van der Waals surface area (Å²) < 4.78 is 0. The van der Waals surface area contributed by atoms with E-state index < -0.39 is 0 Å². The Bertz CT molecular complexity index is 562. The molecule has 2 amide bonds. The number of nitrogens with zero attached hydrogens (tertiary/aromatic N) is 2. The first-order valence-electron chi connectivity index (χ1n) is 9.74. The number of carbonyl (C=O) groups is 1. The summed E-state index contributed by atoms with van der Waals surface area (Å²) in [5.74, 6) is 0.789. The molecule has 0 bridgehead atoms. The van der Waals surface area contributed by atoms with Crippen molar-refractivity contribution >= 4 is 6.03 Å². The molecule has 1 atom stereocenters. The first-order chi connectivity index (χ1) is 12.2. The van der Waals surface area contributed by atoms with Gasteiger partial charge in [-0.05, 0) is 42.9 Å². The van der Waals surface area contributed by atoms with Gasteiger partial charge in [0.1, 0.15) is 0 Å². The van der Waals surface area contributed by atoms with Crippen molar-refractivity contribution in [3.63, 3.8) is 0 Å². The van der Waals surface area contributed by atoms with Crippen LogP contribution in [0.4, 0.5) is 4.79 Å². The largest absolute Gasteiger partial charge is 0.337 e. The van der Waals surface area contributed by atoms with E-state index >= 15 is 0 Å². The molecule has 0 spiro atoms. The summed E-state index contributed by atoms with van der Waals surface area (Å²) in [6, 6.07) is 8.62. The molecule has 1 aromatic carbocycles. The Labute approximate surface area is 151 Å². The van der Waals surface area contributed by atoms with Crippen molar-refractivity contribution in [2.24, 2.45) is 5.92 Å². The Kier molecular flexibility index (Phi) is 6.70. The Balaban J connectivity index is 1.27. The zero-order valence-electron chi connectivity index (χ0n) is 15.5. The Morgan fingerprint density at radius 2 is 1.80 bits per heavy atom. The lowest BCUT2D eigenvalue weighted by Crippen LogP contribution is -2.45. The van der Waals surface area contributed by atoms with Crippen molar-refractivity contribution in [1.82, 2.24) is 20.4 Å². The van der Waals surface area contributed by atoms with Gasteiger partial charge in [-0.25, -0.2) is 4.79 Å². The lowest BCUT2D eigenvalue weighted by atomic mass is 10.00. The van der Waals surface area contributed by atoms with Crippen LogP contribution in [0.5, 0.6) is 0 Å². The smallest absolute Gasteiger partial charge is 0.314 e. The minimum Gasteiger partial charge on any atom is -0.337 e. The van der Waals surface area contributed by atoms with E-state index in [0.717, 1.165) is 45.1 Å². The highest BCUT2D eigenvalue weighted by Crippen LogP contribution is 2.17. The van der Waals surface area contributed by atoms with Gasteiger partial charge >= 0.3 is 6.03 Å². The fourth-order valence-electron chi connectivity index (χ4n) is 3.95. The number of benzene rings is 1. The summed E-state index contributed by atoms with van der Waals surface area (Å²) >= 11 is 0. The first-order valence-corrected chi connectivity index (χ1v) is 9.74. The Morgan fingerprint density at radius 3 is 2.56 bits per heavy atom. The molecule has 0 aliphatic carbocycles. The van der Waals surface area contributed by atoms with Gasteiger partial charge in [0.15, 0.2) is 0 Å². The first kappa shape index (κ1) is 18.2. The van der Waals surface area contributed by atoms with Gasteiger partial charge in [-0.1, -0.05) is 31.2 Å².